The van der Waals surface area contributed by atoms with Crippen LogP contribution in [0.25, 0.3) is 0 Å². The number of esters is 1. The summed E-state index contributed by atoms with van der Waals surface area (Å²) < 4.78 is 20.9. The molecule has 12 nitrogen and oxygen atoms in total. The Kier molecular flexibility index (Phi) is 8.72. The van der Waals surface area contributed by atoms with Crippen LogP contribution in [0.3, 0.4) is 0 Å². The molecule has 0 saturated carbocycles. The van der Waals surface area contributed by atoms with Crippen molar-refractivity contribution in [3.05, 3.63) is 0 Å². The van der Waals surface area contributed by atoms with Gasteiger partial charge in [-0.05, 0) is 6.42 Å². The lowest BCUT2D eigenvalue weighted by Crippen LogP contribution is -2.63. The van der Waals surface area contributed by atoms with Crippen molar-refractivity contribution in [3.63, 3.8) is 0 Å². The molecule has 11 atom stereocenters. The van der Waals surface area contributed by atoms with E-state index >= 15 is 0 Å². The Bertz CT molecular complexity index is 531. The highest BCUT2D eigenvalue weighted by atomic mass is 16.8. The zero-order chi connectivity index (χ0) is 21.9. The van der Waals surface area contributed by atoms with Crippen molar-refractivity contribution in [2.24, 2.45) is 5.92 Å². The number of carbonyl (C=O) groups excluding carboxylic acids is 1. The van der Waals surface area contributed by atoms with E-state index in [1.807, 2.05) is 0 Å². The SMILES string of the molecule is CC[C@@H](C)C(=O)OC[C@H]1O[C@H](O[C@H]2O[C@H](CO)[C@@H](O)[C@H](O)[C@H]2O)[C@H](O)[C@@H](O)[C@@H]1O. The maximum Gasteiger partial charge on any atom is 0.308 e. The minimum atomic E-state index is -1.76. The molecule has 2 rings (SSSR count). The number of hydrogen-bond donors (Lipinski definition) is 7. The molecule has 0 spiro atoms. The molecule has 2 aliphatic rings. The number of aliphatic hydroxyl groups excluding tert-OH is 7. The van der Waals surface area contributed by atoms with Crippen molar-refractivity contribution in [3.8, 4) is 0 Å². The van der Waals surface area contributed by atoms with Gasteiger partial charge in [0, 0.05) is 0 Å². The summed E-state index contributed by atoms with van der Waals surface area (Å²) in [5, 5.41) is 69.1. The summed E-state index contributed by atoms with van der Waals surface area (Å²) in [6, 6.07) is 0. The van der Waals surface area contributed by atoms with Crippen LogP contribution in [0.2, 0.25) is 0 Å². The molecule has 0 bridgehead atoms. The molecule has 7 N–H and O–H groups in total. The molecule has 2 saturated heterocycles. The van der Waals surface area contributed by atoms with Crippen molar-refractivity contribution in [1.82, 2.24) is 0 Å². The third-order valence-corrected chi connectivity index (χ3v) is 5.19. The van der Waals surface area contributed by atoms with Gasteiger partial charge in [0.25, 0.3) is 0 Å². The maximum atomic E-state index is 11.8. The second kappa shape index (κ2) is 10.4. The predicted octanol–water partition coefficient (Wildman–Crippen LogP) is -3.80. The van der Waals surface area contributed by atoms with Gasteiger partial charge in [0.05, 0.1) is 12.5 Å². The highest BCUT2D eigenvalue weighted by Crippen LogP contribution is 2.28. The van der Waals surface area contributed by atoms with Gasteiger partial charge in [0.1, 0.15) is 55.4 Å². The lowest BCUT2D eigenvalue weighted by molar-refractivity contribution is -0.376. The van der Waals surface area contributed by atoms with Crippen LogP contribution in [-0.2, 0) is 23.7 Å². The number of carbonyl (C=O) groups is 1. The van der Waals surface area contributed by atoms with Crippen molar-refractivity contribution in [2.75, 3.05) is 13.2 Å². The van der Waals surface area contributed by atoms with E-state index in [2.05, 4.69) is 0 Å². The van der Waals surface area contributed by atoms with Crippen molar-refractivity contribution in [1.29, 1.82) is 0 Å². The summed E-state index contributed by atoms with van der Waals surface area (Å²) >= 11 is 0. The predicted molar refractivity (Wildman–Crippen MR) is 91.9 cm³/mol. The van der Waals surface area contributed by atoms with E-state index in [4.69, 9.17) is 18.9 Å². The summed E-state index contributed by atoms with van der Waals surface area (Å²) in [6.45, 7) is 2.34. The molecule has 29 heavy (non-hydrogen) atoms. The fourth-order valence-corrected chi connectivity index (χ4v) is 2.95. The van der Waals surface area contributed by atoms with Crippen LogP contribution < -0.4 is 0 Å². The largest absolute Gasteiger partial charge is 0.463 e. The van der Waals surface area contributed by atoms with Crippen LogP contribution in [0, 0.1) is 5.92 Å². The molecule has 0 unspecified atom stereocenters. The zero-order valence-electron chi connectivity index (χ0n) is 16.1. The van der Waals surface area contributed by atoms with Crippen molar-refractivity contribution >= 4 is 5.97 Å². The molecule has 12 heteroatoms. The molecule has 0 aromatic carbocycles. The molecule has 0 aliphatic carbocycles. The van der Waals surface area contributed by atoms with Gasteiger partial charge in [-0.25, -0.2) is 0 Å². The van der Waals surface area contributed by atoms with Crippen LogP contribution >= 0.6 is 0 Å². The maximum absolute atomic E-state index is 11.8. The topological polar surface area (TPSA) is 196 Å². The second-order valence-corrected chi connectivity index (χ2v) is 7.29. The highest BCUT2D eigenvalue weighted by Gasteiger charge is 2.49. The minimum Gasteiger partial charge on any atom is -0.463 e. The van der Waals surface area contributed by atoms with Gasteiger partial charge in [0.2, 0.25) is 0 Å². The van der Waals surface area contributed by atoms with E-state index in [0.29, 0.717) is 6.42 Å². The van der Waals surface area contributed by atoms with E-state index in [-0.39, 0.29) is 5.92 Å². The molecule has 2 fully saturated rings. The average molecular weight is 426 g/mol. The molecular weight excluding hydrogens is 396 g/mol. The van der Waals surface area contributed by atoms with Gasteiger partial charge < -0.3 is 54.7 Å². The first kappa shape index (κ1) is 24.3. The first-order valence-electron chi connectivity index (χ1n) is 9.44. The van der Waals surface area contributed by atoms with E-state index in [1.165, 1.54) is 0 Å². The van der Waals surface area contributed by atoms with Gasteiger partial charge in [-0.1, -0.05) is 13.8 Å². The Labute approximate surface area is 167 Å². The Morgan fingerprint density at radius 1 is 0.862 bits per heavy atom. The summed E-state index contributed by atoms with van der Waals surface area (Å²) in [7, 11) is 0. The Morgan fingerprint density at radius 3 is 1.83 bits per heavy atom. The summed E-state index contributed by atoms with van der Waals surface area (Å²) in [6.07, 6.45) is -15.4. The number of rotatable bonds is 7. The quantitative estimate of drug-likeness (QED) is 0.196. The molecule has 0 aromatic heterocycles. The summed E-state index contributed by atoms with van der Waals surface area (Å²) in [4.78, 5) is 11.8. The van der Waals surface area contributed by atoms with Gasteiger partial charge >= 0.3 is 5.97 Å². The Hall–Kier alpha value is -0.930. The molecule has 0 aromatic rings. The third-order valence-electron chi connectivity index (χ3n) is 5.19. The van der Waals surface area contributed by atoms with Gasteiger partial charge in [-0.2, -0.15) is 0 Å². The standard InChI is InChI=1S/C17H30O12/c1-3-6(2)15(25)26-5-8-10(20)12(22)14(24)17(28-8)29-16-13(23)11(21)9(19)7(4-18)27-16/h6-14,16-24H,3-5H2,1-2H3/t6-,7-,8-,9-,10-,11+,12+,13-,14-,16-,17-/m1/s1. The number of hydrogen-bond acceptors (Lipinski definition) is 12. The van der Waals surface area contributed by atoms with E-state index in [0.717, 1.165) is 0 Å². The van der Waals surface area contributed by atoms with Crippen LogP contribution in [0.1, 0.15) is 20.3 Å². The van der Waals surface area contributed by atoms with E-state index in [1.54, 1.807) is 13.8 Å². The second-order valence-electron chi connectivity index (χ2n) is 7.29. The monoisotopic (exact) mass is 426 g/mol. The first-order chi connectivity index (χ1) is 13.6. The Balaban J connectivity index is 2.04. The fraction of sp³-hybridized carbons (Fsp3) is 0.941. The number of aliphatic hydroxyl groups is 7. The van der Waals surface area contributed by atoms with E-state index < -0.39 is 80.6 Å². The average Bonchev–Trinajstić information content (AvgIpc) is 2.72. The summed E-state index contributed by atoms with van der Waals surface area (Å²) in [5.74, 6) is -0.914. The van der Waals surface area contributed by atoms with Crippen LogP contribution in [0.4, 0.5) is 0 Å². The highest BCUT2D eigenvalue weighted by molar-refractivity contribution is 5.71. The molecule has 170 valence electrons. The van der Waals surface area contributed by atoms with Crippen molar-refractivity contribution < 1.29 is 59.5 Å². The fourth-order valence-electron chi connectivity index (χ4n) is 2.95. The smallest absolute Gasteiger partial charge is 0.308 e. The van der Waals surface area contributed by atoms with Gasteiger partial charge in [-0.3, -0.25) is 4.79 Å². The zero-order valence-corrected chi connectivity index (χ0v) is 16.1. The molecule has 2 heterocycles. The van der Waals surface area contributed by atoms with Crippen LogP contribution in [0.15, 0.2) is 0 Å². The molecule has 0 radical (unpaired) electrons. The van der Waals surface area contributed by atoms with Crippen molar-refractivity contribution in [2.45, 2.75) is 81.7 Å². The lowest BCUT2D eigenvalue weighted by atomic mass is 9.98. The van der Waals surface area contributed by atoms with Gasteiger partial charge in [0.15, 0.2) is 12.6 Å². The molecule has 0 amide bonds. The summed E-state index contributed by atoms with van der Waals surface area (Å²) in [5.41, 5.74) is 0. The van der Waals surface area contributed by atoms with Crippen LogP contribution in [-0.4, -0.2) is 116 Å². The van der Waals surface area contributed by atoms with E-state index in [9.17, 15) is 40.5 Å². The van der Waals surface area contributed by atoms with Crippen LogP contribution in [0.5, 0.6) is 0 Å². The third kappa shape index (κ3) is 5.41. The number of ether oxygens (including phenoxy) is 4. The lowest BCUT2D eigenvalue weighted by Gasteiger charge is -2.44. The first-order valence-corrected chi connectivity index (χ1v) is 9.44. The minimum absolute atomic E-state index is 0.382. The Morgan fingerprint density at radius 2 is 1.34 bits per heavy atom. The molecular formula is C17H30O12. The normalized spacial score (nSPS) is 44.3. The van der Waals surface area contributed by atoms with Gasteiger partial charge in [-0.15, -0.1) is 0 Å². The molecule has 2 aliphatic heterocycles.